The van der Waals surface area contributed by atoms with E-state index in [1.54, 1.807) is 0 Å². The molecule has 27 heavy (non-hydrogen) atoms. The van der Waals surface area contributed by atoms with Gasteiger partial charge < -0.3 is 14.6 Å². The van der Waals surface area contributed by atoms with Crippen molar-refractivity contribution in [3.8, 4) is 5.75 Å². The van der Waals surface area contributed by atoms with E-state index in [-0.39, 0.29) is 6.04 Å². The second kappa shape index (κ2) is 8.71. The van der Waals surface area contributed by atoms with E-state index in [0.717, 1.165) is 29.0 Å². The Morgan fingerprint density at radius 3 is 2.59 bits per heavy atom. The van der Waals surface area contributed by atoms with Crippen LogP contribution in [-0.4, -0.2) is 22.6 Å². The Morgan fingerprint density at radius 2 is 1.89 bits per heavy atom. The number of carbonyl (C=O) groups excluding carboxylic acids is 1. The first kappa shape index (κ1) is 19.0. The predicted molar refractivity (Wildman–Crippen MR) is 108 cm³/mol. The average molecular weight is 365 g/mol. The third-order valence-electron chi connectivity index (χ3n) is 5.03. The molecule has 0 aliphatic heterocycles. The Morgan fingerprint density at radius 1 is 1.15 bits per heavy atom. The van der Waals surface area contributed by atoms with Gasteiger partial charge in [0.25, 0.3) is 0 Å². The third-order valence-corrected chi connectivity index (χ3v) is 5.03. The number of amides is 1. The summed E-state index contributed by atoms with van der Waals surface area (Å²) in [5.41, 5.74) is 3.30. The Labute approximate surface area is 160 Å². The Bertz CT molecular complexity index is 886. The molecule has 0 saturated heterocycles. The van der Waals surface area contributed by atoms with Crippen LogP contribution < -0.4 is 10.1 Å². The van der Waals surface area contributed by atoms with Crippen molar-refractivity contribution in [3.05, 3.63) is 59.9 Å². The Kier molecular flexibility index (Phi) is 6.12. The van der Waals surface area contributed by atoms with E-state index in [2.05, 4.69) is 40.8 Å². The number of benzene rings is 2. The molecular formula is C22H27N3O2. The van der Waals surface area contributed by atoms with Crippen molar-refractivity contribution in [1.29, 1.82) is 0 Å². The first-order valence-corrected chi connectivity index (χ1v) is 9.51. The number of rotatable bonds is 9. The first-order valence-electron chi connectivity index (χ1n) is 9.51. The smallest absolute Gasteiger partial charge is 0.207 e. The molecule has 1 N–H and O–H groups in total. The molecule has 1 heterocycles. The predicted octanol–water partition coefficient (Wildman–Crippen LogP) is 4.44. The van der Waals surface area contributed by atoms with Gasteiger partial charge in [-0.2, -0.15) is 0 Å². The monoisotopic (exact) mass is 365 g/mol. The fourth-order valence-electron chi connectivity index (χ4n) is 3.22. The van der Waals surface area contributed by atoms with Gasteiger partial charge in [0.05, 0.1) is 23.6 Å². The van der Waals surface area contributed by atoms with Gasteiger partial charge in [-0.25, -0.2) is 4.98 Å². The molecule has 0 radical (unpaired) electrons. The maximum Gasteiger partial charge on any atom is 0.207 e. The molecule has 5 heteroatoms. The van der Waals surface area contributed by atoms with Crippen LogP contribution >= 0.6 is 0 Å². The van der Waals surface area contributed by atoms with Crippen LogP contribution in [0, 0.1) is 0 Å². The number of aromatic nitrogens is 2. The quantitative estimate of drug-likeness (QED) is 0.571. The zero-order valence-corrected chi connectivity index (χ0v) is 16.2. The van der Waals surface area contributed by atoms with Crippen LogP contribution in [0.1, 0.15) is 50.5 Å². The highest BCUT2D eigenvalue weighted by molar-refractivity contribution is 5.76. The van der Waals surface area contributed by atoms with Gasteiger partial charge in [-0.3, -0.25) is 4.79 Å². The fourth-order valence-corrected chi connectivity index (χ4v) is 3.22. The summed E-state index contributed by atoms with van der Waals surface area (Å²) in [4.78, 5) is 15.5. The van der Waals surface area contributed by atoms with Crippen LogP contribution in [0.5, 0.6) is 5.75 Å². The van der Waals surface area contributed by atoms with Crippen molar-refractivity contribution in [2.75, 3.05) is 6.61 Å². The highest BCUT2D eigenvalue weighted by atomic mass is 16.5. The minimum atomic E-state index is -0.162. The summed E-state index contributed by atoms with van der Waals surface area (Å²) >= 11 is 0. The highest BCUT2D eigenvalue weighted by Gasteiger charge is 2.16. The number of hydrogen-bond acceptors (Lipinski definition) is 3. The number of imidazole rings is 1. The molecule has 0 spiro atoms. The van der Waals surface area contributed by atoms with E-state index in [1.165, 1.54) is 5.56 Å². The summed E-state index contributed by atoms with van der Waals surface area (Å²) in [6.45, 7) is 7.55. The van der Waals surface area contributed by atoms with Gasteiger partial charge in [-0.05, 0) is 49.1 Å². The van der Waals surface area contributed by atoms with E-state index in [1.807, 2.05) is 43.3 Å². The lowest BCUT2D eigenvalue weighted by molar-refractivity contribution is -0.110. The summed E-state index contributed by atoms with van der Waals surface area (Å²) in [6.07, 6.45) is 1.84. The number of para-hydroxylation sites is 2. The molecular weight excluding hydrogens is 338 g/mol. The zero-order chi connectivity index (χ0) is 19.2. The summed E-state index contributed by atoms with van der Waals surface area (Å²) in [5.74, 6) is 2.26. The van der Waals surface area contributed by atoms with E-state index in [0.29, 0.717) is 25.5 Å². The Balaban J connectivity index is 1.72. The van der Waals surface area contributed by atoms with Gasteiger partial charge >= 0.3 is 0 Å². The number of carbonyl (C=O) groups is 1. The second-order valence-electron chi connectivity index (χ2n) is 6.84. The lowest BCUT2D eigenvalue weighted by atomic mass is 9.99. The van der Waals surface area contributed by atoms with Crippen LogP contribution in [-0.2, 0) is 11.3 Å². The Hall–Kier alpha value is -2.82. The number of hydrogen-bond donors (Lipinski definition) is 1. The molecule has 2 atom stereocenters. The average Bonchev–Trinajstić information content (AvgIpc) is 3.07. The van der Waals surface area contributed by atoms with E-state index >= 15 is 0 Å². The SMILES string of the molecule is CC[C@H](C)c1ccc(OCCn2c([C@H](C)NC=O)nc3ccccc32)cc1. The number of ether oxygens (including phenoxy) is 1. The lowest BCUT2D eigenvalue weighted by Crippen LogP contribution is -2.21. The van der Waals surface area contributed by atoms with Crippen molar-refractivity contribution in [2.24, 2.45) is 0 Å². The van der Waals surface area contributed by atoms with Crippen LogP contribution in [0.3, 0.4) is 0 Å². The molecule has 142 valence electrons. The van der Waals surface area contributed by atoms with Gasteiger partial charge in [-0.1, -0.05) is 38.1 Å². The molecule has 5 nitrogen and oxygen atoms in total. The minimum Gasteiger partial charge on any atom is -0.492 e. The molecule has 0 aliphatic carbocycles. The van der Waals surface area contributed by atoms with Gasteiger partial charge in [0, 0.05) is 0 Å². The van der Waals surface area contributed by atoms with Crippen molar-refractivity contribution < 1.29 is 9.53 Å². The molecule has 0 unspecified atom stereocenters. The highest BCUT2D eigenvalue weighted by Crippen LogP contribution is 2.23. The molecule has 0 fully saturated rings. The first-order chi connectivity index (χ1) is 13.1. The lowest BCUT2D eigenvalue weighted by Gasteiger charge is -2.15. The summed E-state index contributed by atoms with van der Waals surface area (Å²) in [7, 11) is 0. The van der Waals surface area contributed by atoms with E-state index < -0.39 is 0 Å². The minimum absolute atomic E-state index is 0.162. The molecule has 3 aromatic rings. The van der Waals surface area contributed by atoms with Gasteiger partial charge in [0.2, 0.25) is 6.41 Å². The van der Waals surface area contributed by atoms with Crippen LogP contribution in [0.25, 0.3) is 11.0 Å². The van der Waals surface area contributed by atoms with Gasteiger partial charge in [0.15, 0.2) is 0 Å². The fraction of sp³-hybridized carbons (Fsp3) is 0.364. The van der Waals surface area contributed by atoms with E-state index in [9.17, 15) is 4.79 Å². The van der Waals surface area contributed by atoms with E-state index in [4.69, 9.17) is 4.74 Å². The molecule has 1 aromatic heterocycles. The van der Waals surface area contributed by atoms with Crippen molar-refractivity contribution >= 4 is 17.4 Å². The molecule has 0 aliphatic rings. The maximum atomic E-state index is 10.8. The van der Waals surface area contributed by atoms with Crippen LogP contribution in [0.2, 0.25) is 0 Å². The molecule has 1 amide bonds. The standard InChI is InChI=1S/C22H27N3O2/c1-4-16(2)18-9-11-19(12-10-18)27-14-13-25-21-8-6-5-7-20(21)24-22(25)17(3)23-15-26/h5-12,15-17H,4,13-14H2,1-3H3,(H,23,26)/t16-,17-/m0/s1. The second-order valence-corrected chi connectivity index (χ2v) is 6.84. The third kappa shape index (κ3) is 4.30. The molecule has 0 bridgehead atoms. The molecule has 3 rings (SSSR count). The molecule has 0 saturated carbocycles. The number of nitrogens with zero attached hydrogens (tertiary/aromatic N) is 2. The van der Waals surface area contributed by atoms with Gasteiger partial charge in [-0.15, -0.1) is 0 Å². The van der Waals surface area contributed by atoms with Crippen LogP contribution in [0.4, 0.5) is 0 Å². The topological polar surface area (TPSA) is 56.1 Å². The summed E-state index contributed by atoms with van der Waals surface area (Å²) < 4.78 is 8.07. The zero-order valence-electron chi connectivity index (χ0n) is 16.2. The largest absolute Gasteiger partial charge is 0.492 e. The van der Waals surface area contributed by atoms with Crippen molar-refractivity contribution in [3.63, 3.8) is 0 Å². The number of fused-ring (bicyclic) bond motifs is 1. The maximum absolute atomic E-state index is 10.8. The van der Waals surface area contributed by atoms with Crippen molar-refractivity contribution in [2.45, 2.75) is 45.7 Å². The normalized spacial score (nSPS) is 13.3. The molecule has 2 aromatic carbocycles. The van der Waals surface area contributed by atoms with Crippen molar-refractivity contribution in [1.82, 2.24) is 14.9 Å². The number of nitrogens with one attached hydrogen (secondary N) is 1. The van der Waals surface area contributed by atoms with Gasteiger partial charge in [0.1, 0.15) is 18.2 Å². The summed E-state index contributed by atoms with van der Waals surface area (Å²) in [5, 5.41) is 2.79. The summed E-state index contributed by atoms with van der Waals surface area (Å²) in [6, 6.07) is 16.2. The van der Waals surface area contributed by atoms with Crippen LogP contribution in [0.15, 0.2) is 48.5 Å².